The first-order chi connectivity index (χ1) is 10.9. The summed E-state index contributed by atoms with van der Waals surface area (Å²) in [5.41, 5.74) is 0.510. The normalized spacial score (nSPS) is 17.7. The van der Waals surface area contributed by atoms with Crippen molar-refractivity contribution in [3.8, 4) is 0 Å². The van der Waals surface area contributed by atoms with Crippen LogP contribution < -0.4 is 10.6 Å². The van der Waals surface area contributed by atoms with Gasteiger partial charge in [0, 0.05) is 31.2 Å². The number of nitrogens with zero attached hydrogens (tertiary/aromatic N) is 1. The van der Waals surface area contributed by atoms with Crippen molar-refractivity contribution in [3.63, 3.8) is 0 Å². The molecule has 2 rings (SSSR count). The van der Waals surface area contributed by atoms with Crippen molar-refractivity contribution in [2.24, 2.45) is 5.92 Å². The third-order valence-corrected chi connectivity index (χ3v) is 5.91. The lowest BCUT2D eigenvalue weighted by atomic mass is 10.1. The molecule has 0 radical (unpaired) electrons. The van der Waals surface area contributed by atoms with Crippen LogP contribution in [0.5, 0.6) is 0 Å². The van der Waals surface area contributed by atoms with E-state index in [9.17, 15) is 13.2 Å². The molecule has 0 bridgehead atoms. The van der Waals surface area contributed by atoms with Crippen molar-refractivity contribution in [2.45, 2.75) is 31.1 Å². The van der Waals surface area contributed by atoms with Crippen LogP contribution in [0.15, 0.2) is 29.2 Å². The topological polar surface area (TPSA) is 78.5 Å². The molecule has 1 unspecified atom stereocenters. The van der Waals surface area contributed by atoms with E-state index >= 15 is 0 Å². The van der Waals surface area contributed by atoms with Crippen LogP contribution in [-0.2, 0) is 14.8 Å². The summed E-state index contributed by atoms with van der Waals surface area (Å²) in [4.78, 5) is 12.3. The number of nitrogens with one attached hydrogen (secondary N) is 2. The first kappa shape index (κ1) is 17.9. The first-order valence-corrected chi connectivity index (χ1v) is 9.45. The smallest absolute Gasteiger partial charge is 0.243 e. The zero-order valence-corrected chi connectivity index (χ0v) is 14.5. The van der Waals surface area contributed by atoms with E-state index < -0.39 is 10.0 Å². The minimum atomic E-state index is -3.48. The number of piperidine rings is 1. The molecular formula is C16H25N3O3S. The summed E-state index contributed by atoms with van der Waals surface area (Å²) >= 11 is 0. The Labute approximate surface area is 138 Å². The fraction of sp³-hybridized carbons (Fsp3) is 0.562. The van der Waals surface area contributed by atoms with Gasteiger partial charge in [0.15, 0.2) is 0 Å². The summed E-state index contributed by atoms with van der Waals surface area (Å²) in [5.74, 6) is -0.325. The summed E-state index contributed by atoms with van der Waals surface area (Å²) in [7, 11) is -1.69. The van der Waals surface area contributed by atoms with E-state index in [4.69, 9.17) is 0 Å². The molecule has 1 amide bonds. The quantitative estimate of drug-likeness (QED) is 0.826. The Kier molecular flexibility index (Phi) is 6.15. The zero-order valence-electron chi connectivity index (χ0n) is 13.7. The molecule has 1 aromatic rings. The number of rotatable bonds is 6. The van der Waals surface area contributed by atoms with Crippen LogP contribution in [0.1, 0.15) is 26.2 Å². The molecule has 1 heterocycles. The molecule has 1 aliphatic heterocycles. The summed E-state index contributed by atoms with van der Waals surface area (Å²) in [6, 6.07) is 6.49. The van der Waals surface area contributed by atoms with Gasteiger partial charge >= 0.3 is 0 Å². The molecular weight excluding hydrogens is 314 g/mol. The van der Waals surface area contributed by atoms with Gasteiger partial charge in [-0.1, -0.05) is 19.4 Å². The van der Waals surface area contributed by atoms with Gasteiger partial charge in [-0.25, -0.2) is 8.42 Å². The summed E-state index contributed by atoms with van der Waals surface area (Å²) in [6.07, 6.45) is 2.87. The van der Waals surface area contributed by atoms with Crippen LogP contribution in [0.3, 0.4) is 0 Å². The average molecular weight is 339 g/mol. The van der Waals surface area contributed by atoms with Crippen LogP contribution in [0, 0.1) is 5.92 Å². The predicted molar refractivity (Wildman–Crippen MR) is 90.8 cm³/mol. The number of carbonyl (C=O) groups is 1. The van der Waals surface area contributed by atoms with Crippen LogP contribution >= 0.6 is 0 Å². The lowest BCUT2D eigenvalue weighted by Crippen LogP contribution is -2.35. The molecule has 1 fully saturated rings. The predicted octanol–water partition coefficient (Wildman–Crippen LogP) is 1.66. The van der Waals surface area contributed by atoms with Crippen molar-refractivity contribution in [2.75, 3.05) is 32.0 Å². The van der Waals surface area contributed by atoms with Gasteiger partial charge in [-0.05, 0) is 38.1 Å². The standard InChI is InChI=1S/C16H25N3O3S/c1-13(12-17-2)16(20)18-14-7-6-8-15(11-14)23(21,22)19-9-4-3-5-10-19/h6-8,11,13,17H,3-5,9-10,12H2,1-2H3,(H,18,20). The van der Waals surface area contributed by atoms with Crippen LogP contribution in [0.4, 0.5) is 5.69 Å². The first-order valence-electron chi connectivity index (χ1n) is 8.01. The second-order valence-corrected chi connectivity index (χ2v) is 7.88. The third-order valence-electron chi connectivity index (χ3n) is 4.01. The molecule has 0 aliphatic carbocycles. The van der Waals surface area contributed by atoms with E-state index in [1.54, 1.807) is 25.2 Å². The Morgan fingerprint density at radius 2 is 1.96 bits per heavy atom. The monoisotopic (exact) mass is 339 g/mol. The largest absolute Gasteiger partial charge is 0.326 e. The number of amides is 1. The molecule has 0 aromatic heterocycles. The molecule has 1 atom stereocenters. The van der Waals surface area contributed by atoms with Gasteiger partial charge < -0.3 is 10.6 Å². The second-order valence-electron chi connectivity index (χ2n) is 5.94. The summed E-state index contributed by atoms with van der Waals surface area (Å²) in [5, 5.41) is 5.73. The highest BCUT2D eigenvalue weighted by atomic mass is 32.2. The highest BCUT2D eigenvalue weighted by molar-refractivity contribution is 7.89. The maximum Gasteiger partial charge on any atom is 0.243 e. The minimum absolute atomic E-state index is 0.133. The molecule has 0 spiro atoms. The van der Waals surface area contributed by atoms with Gasteiger partial charge in [0.2, 0.25) is 15.9 Å². The Morgan fingerprint density at radius 1 is 1.26 bits per heavy atom. The molecule has 23 heavy (non-hydrogen) atoms. The van der Waals surface area contributed by atoms with E-state index in [0.29, 0.717) is 25.3 Å². The Balaban J connectivity index is 2.14. The highest BCUT2D eigenvalue weighted by Gasteiger charge is 2.26. The Hall–Kier alpha value is -1.44. The number of benzene rings is 1. The van der Waals surface area contributed by atoms with Crippen molar-refractivity contribution >= 4 is 21.6 Å². The van der Waals surface area contributed by atoms with Crippen LogP contribution in [0.2, 0.25) is 0 Å². The van der Waals surface area contributed by atoms with Gasteiger partial charge in [0.25, 0.3) is 0 Å². The van der Waals surface area contributed by atoms with Crippen molar-refractivity contribution in [1.82, 2.24) is 9.62 Å². The number of carbonyl (C=O) groups excluding carboxylic acids is 1. The lowest BCUT2D eigenvalue weighted by Gasteiger charge is -2.26. The molecule has 1 aromatic carbocycles. The summed E-state index contributed by atoms with van der Waals surface area (Å²) in [6.45, 7) is 3.52. The van der Waals surface area contributed by atoms with E-state index in [1.165, 1.54) is 10.4 Å². The fourth-order valence-corrected chi connectivity index (χ4v) is 4.22. The molecule has 0 saturated carbocycles. The maximum atomic E-state index is 12.7. The number of sulfonamides is 1. The number of anilines is 1. The highest BCUT2D eigenvalue weighted by Crippen LogP contribution is 2.23. The minimum Gasteiger partial charge on any atom is -0.326 e. The van der Waals surface area contributed by atoms with E-state index in [0.717, 1.165) is 19.3 Å². The van der Waals surface area contributed by atoms with Crippen LogP contribution in [0.25, 0.3) is 0 Å². The molecule has 6 nitrogen and oxygen atoms in total. The van der Waals surface area contributed by atoms with Crippen LogP contribution in [-0.4, -0.2) is 45.3 Å². The molecule has 1 aliphatic rings. The van der Waals surface area contributed by atoms with Gasteiger partial charge in [-0.15, -0.1) is 0 Å². The Morgan fingerprint density at radius 3 is 2.61 bits per heavy atom. The van der Waals surface area contributed by atoms with Gasteiger partial charge in [0.1, 0.15) is 0 Å². The molecule has 128 valence electrons. The fourth-order valence-electron chi connectivity index (χ4n) is 2.65. The van der Waals surface area contributed by atoms with Crippen molar-refractivity contribution in [1.29, 1.82) is 0 Å². The van der Waals surface area contributed by atoms with Gasteiger partial charge in [-0.2, -0.15) is 4.31 Å². The van der Waals surface area contributed by atoms with Gasteiger partial charge in [-0.3, -0.25) is 4.79 Å². The molecule has 1 saturated heterocycles. The average Bonchev–Trinajstić information content (AvgIpc) is 2.56. The van der Waals surface area contributed by atoms with E-state index in [2.05, 4.69) is 10.6 Å². The van der Waals surface area contributed by atoms with E-state index in [1.807, 2.05) is 6.92 Å². The van der Waals surface area contributed by atoms with E-state index in [-0.39, 0.29) is 16.7 Å². The number of hydrogen-bond donors (Lipinski definition) is 2. The maximum absolute atomic E-state index is 12.7. The third kappa shape index (κ3) is 4.53. The zero-order chi connectivity index (χ0) is 16.9. The SMILES string of the molecule is CNCC(C)C(=O)Nc1cccc(S(=O)(=O)N2CCCCC2)c1. The van der Waals surface area contributed by atoms with Gasteiger partial charge in [0.05, 0.1) is 4.90 Å². The second kappa shape index (κ2) is 7.90. The lowest BCUT2D eigenvalue weighted by molar-refractivity contribution is -0.119. The van der Waals surface area contributed by atoms with Crippen molar-refractivity contribution in [3.05, 3.63) is 24.3 Å². The molecule has 7 heteroatoms. The summed E-state index contributed by atoms with van der Waals surface area (Å²) < 4.78 is 26.9. The Bertz CT molecular complexity index is 640. The molecule has 2 N–H and O–H groups in total. The van der Waals surface area contributed by atoms with Crippen molar-refractivity contribution < 1.29 is 13.2 Å². The number of hydrogen-bond acceptors (Lipinski definition) is 4.